The Balaban J connectivity index is 1.44. The number of ether oxygens (including phenoxy) is 2. The molecule has 0 aromatic heterocycles. The fourth-order valence-electron chi connectivity index (χ4n) is 4.19. The van der Waals surface area contributed by atoms with E-state index in [1.54, 1.807) is 0 Å². The van der Waals surface area contributed by atoms with E-state index in [2.05, 4.69) is 29.6 Å². The summed E-state index contributed by atoms with van der Waals surface area (Å²) in [5, 5.41) is 11.9. The number of carboxylic acid groups (broad SMARTS) is 1. The molecule has 2 aromatic rings. The molecule has 1 fully saturated rings. The summed E-state index contributed by atoms with van der Waals surface area (Å²) in [7, 11) is 0. The number of alkyl carbamates (subject to hydrolysis) is 1. The lowest BCUT2D eigenvalue weighted by Crippen LogP contribution is -2.42. The predicted octanol–water partition coefficient (Wildman–Crippen LogP) is 3.40. The molecule has 0 radical (unpaired) electrons. The number of amides is 1. The minimum Gasteiger partial charge on any atom is -0.481 e. The molecular formula is C22H23NO5. The molecule has 1 unspecified atom stereocenters. The van der Waals surface area contributed by atoms with Crippen LogP contribution in [0.4, 0.5) is 4.79 Å². The van der Waals surface area contributed by atoms with Crippen LogP contribution < -0.4 is 5.32 Å². The second-order valence-corrected chi connectivity index (χ2v) is 7.30. The molecule has 0 bridgehead atoms. The summed E-state index contributed by atoms with van der Waals surface area (Å²) in [6.07, 6.45) is 0.0137. The number of nitrogens with one attached hydrogen (secondary N) is 1. The molecule has 28 heavy (non-hydrogen) atoms. The normalized spacial score (nSPS) is 18.9. The topological polar surface area (TPSA) is 84.9 Å². The quantitative estimate of drug-likeness (QED) is 0.801. The van der Waals surface area contributed by atoms with Crippen molar-refractivity contribution in [3.63, 3.8) is 0 Å². The smallest absolute Gasteiger partial charge is 0.407 e. The Morgan fingerprint density at radius 3 is 2.32 bits per heavy atom. The van der Waals surface area contributed by atoms with Gasteiger partial charge in [-0.3, -0.25) is 4.79 Å². The van der Waals surface area contributed by atoms with Gasteiger partial charge in [-0.15, -0.1) is 0 Å². The van der Waals surface area contributed by atoms with Crippen molar-refractivity contribution < 1.29 is 24.2 Å². The van der Waals surface area contributed by atoms with Crippen molar-refractivity contribution in [2.24, 2.45) is 5.92 Å². The van der Waals surface area contributed by atoms with E-state index in [-0.39, 0.29) is 24.9 Å². The molecule has 4 rings (SSSR count). The van der Waals surface area contributed by atoms with Crippen LogP contribution in [0, 0.1) is 5.92 Å². The molecule has 0 spiro atoms. The third kappa shape index (κ3) is 3.73. The van der Waals surface area contributed by atoms with E-state index >= 15 is 0 Å². The summed E-state index contributed by atoms with van der Waals surface area (Å²) in [4.78, 5) is 23.6. The highest BCUT2D eigenvalue weighted by molar-refractivity contribution is 5.79. The first-order valence-corrected chi connectivity index (χ1v) is 9.54. The third-order valence-corrected chi connectivity index (χ3v) is 5.58. The zero-order valence-corrected chi connectivity index (χ0v) is 15.5. The molecule has 2 aromatic carbocycles. The molecule has 1 heterocycles. The van der Waals surface area contributed by atoms with Crippen molar-refractivity contribution in [1.82, 2.24) is 5.32 Å². The molecule has 1 saturated heterocycles. The van der Waals surface area contributed by atoms with Crippen LogP contribution in [0.1, 0.15) is 29.9 Å². The van der Waals surface area contributed by atoms with Crippen LogP contribution in [0.2, 0.25) is 0 Å². The molecule has 0 saturated carbocycles. The van der Waals surface area contributed by atoms with E-state index in [0.717, 1.165) is 17.5 Å². The zero-order chi connectivity index (χ0) is 19.5. The van der Waals surface area contributed by atoms with E-state index < -0.39 is 18.1 Å². The van der Waals surface area contributed by atoms with E-state index in [9.17, 15) is 9.59 Å². The Bertz CT molecular complexity index is 829. The molecular weight excluding hydrogens is 358 g/mol. The molecule has 1 aliphatic heterocycles. The van der Waals surface area contributed by atoms with Crippen LogP contribution in [0.3, 0.4) is 0 Å². The van der Waals surface area contributed by atoms with Gasteiger partial charge in [0, 0.05) is 24.5 Å². The molecule has 146 valence electrons. The standard InChI is InChI=1S/C22H23NO5/c24-21(25)11-20(14-9-10-27-12-14)23-22(26)28-13-19-17-7-3-1-5-15(17)16-6-2-4-8-18(16)19/h1-8,14,19-20H,9-13H2,(H,23,26)(H,24,25)/t14?,20-/m0/s1. The van der Waals surface area contributed by atoms with Gasteiger partial charge in [0.2, 0.25) is 0 Å². The summed E-state index contributed by atoms with van der Waals surface area (Å²) < 4.78 is 10.9. The highest BCUT2D eigenvalue weighted by atomic mass is 16.5. The Labute approximate surface area is 163 Å². The summed E-state index contributed by atoms with van der Waals surface area (Å²) in [5.41, 5.74) is 4.61. The first-order valence-electron chi connectivity index (χ1n) is 9.54. The maximum absolute atomic E-state index is 12.4. The minimum atomic E-state index is -0.948. The Morgan fingerprint density at radius 1 is 1.11 bits per heavy atom. The third-order valence-electron chi connectivity index (χ3n) is 5.58. The predicted molar refractivity (Wildman–Crippen MR) is 103 cm³/mol. The molecule has 1 aliphatic carbocycles. The number of carbonyl (C=O) groups excluding carboxylic acids is 1. The lowest BCUT2D eigenvalue weighted by molar-refractivity contribution is -0.137. The zero-order valence-electron chi connectivity index (χ0n) is 15.5. The molecule has 2 aliphatic rings. The monoisotopic (exact) mass is 381 g/mol. The van der Waals surface area contributed by atoms with Gasteiger partial charge in [-0.1, -0.05) is 48.5 Å². The van der Waals surface area contributed by atoms with Gasteiger partial charge >= 0.3 is 12.1 Å². The molecule has 6 heteroatoms. The van der Waals surface area contributed by atoms with Gasteiger partial charge in [-0.2, -0.15) is 0 Å². The van der Waals surface area contributed by atoms with Crippen LogP contribution in [-0.4, -0.2) is 43.0 Å². The number of hydrogen-bond donors (Lipinski definition) is 2. The number of carbonyl (C=O) groups is 2. The summed E-state index contributed by atoms with van der Waals surface area (Å²) in [5.74, 6) is -0.974. The van der Waals surface area contributed by atoms with Crippen LogP contribution in [0.15, 0.2) is 48.5 Å². The number of rotatable bonds is 6. The Hall–Kier alpha value is -2.86. The van der Waals surface area contributed by atoms with Gasteiger partial charge in [0.15, 0.2) is 0 Å². The van der Waals surface area contributed by atoms with Gasteiger partial charge in [0.1, 0.15) is 6.61 Å². The number of benzene rings is 2. The van der Waals surface area contributed by atoms with Crippen LogP contribution >= 0.6 is 0 Å². The van der Waals surface area contributed by atoms with Gasteiger partial charge in [-0.05, 0) is 28.7 Å². The van der Waals surface area contributed by atoms with Crippen LogP contribution in [0.5, 0.6) is 0 Å². The van der Waals surface area contributed by atoms with Crippen molar-refractivity contribution in [3.05, 3.63) is 59.7 Å². The molecule has 2 atom stereocenters. The average Bonchev–Trinajstić information content (AvgIpc) is 3.32. The summed E-state index contributed by atoms with van der Waals surface area (Å²) >= 11 is 0. The maximum Gasteiger partial charge on any atom is 0.407 e. The van der Waals surface area contributed by atoms with Crippen molar-refractivity contribution >= 4 is 12.1 Å². The van der Waals surface area contributed by atoms with Crippen LogP contribution in [-0.2, 0) is 14.3 Å². The van der Waals surface area contributed by atoms with Crippen molar-refractivity contribution in [3.8, 4) is 11.1 Å². The van der Waals surface area contributed by atoms with Crippen molar-refractivity contribution in [2.45, 2.75) is 24.8 Å². The first kappa shape index (κ1) is 18.5. The largest absolute Gasteiger partial charge is 0.481 e. The maximum atomic E-state index is 12.4. The summed E-state index contributed by atoms with van der Waals surface area (Å²) in [6, 6.07) is 15.8. The lowest BCUT2D eigenvalue weighted by atomic mass is 9.96. The Morgan fingerprint density at radius 2 is 1.75 bits per heavy atom. The Kier molecular flexibility index (Phi) is 5.30. The second-order valence-electron chi connectivity index (χ2n) is 7.30. The van der Waals surface area contributed by atoms with Gasteiger partial charge in [-0.25, -0.2) is 4.79 Å². The van der Waals surface area contributed by atoms with Crippen LogP contribution in [0.25, 0.3) is 11.1 Å². The number of carboxylic acids is 1. The van der Waals surface area contributed by atoms with Crippen molar-refractivity contribution in [1.29, 1.82) is 0 Å². The highest BCUT2D eigenvalue weighted by Crippen LogP contribution is 2.44. The fraction of sp³-hybridized carbons (Fsp3) is 0.364. The van der Waals surface area contributed by atoms with E-state index in [1.807, 2.05) is 24.3 Å². The van der Waals surface area contributed by atoms with Crippen molar-refractivity contribution in [2.75, 3.05) is 19.8 Å². The fourth-order valence-corrected chi connectivity index (χ4v) is 4.19. The molecule has 2 N–H and O–H groups in total. The SMILES string of the molecule is O=C(O)C[C@H](NC(=O)OCC1c2ccccc2-c2ccccc21)C1CCOC1. The van der Waals surface area contributed by atoms with Gasteiger partial charge in [0.05, 0.1) is 13.0 Å². The number of hydrogen-bond acceptors (Lipinski definition) is 4. The summed E-state index contributed by atoms with van der Waals surface area (Å²) in [6.45, 7) is 1.26. The van der Waals surface area contributed by atoms with Gasteiger partial charge < -0.3 is 19.9 Å². The molecule has 1 amide bonds. The van der Waals surface area contributed by atoms with Gasteiger partial charge in [0.25, 0.3) is 0 Å². The highest BCUT2D eigenvalue weighted by Gasteiger charge is 2.31. The van der Waals surface area contributed by atoms with E-state index in [4.69, 9.17) is 14.6 Å². The number of fused-ring (bicyclic) bond motifs is 3. The minimum absolute atomic E-state index is 0.00316. The van der Waals surface area contributed by atoms with E-state index in [1.165, 1.54) is 11.1 Å². The average molecular weight is 381 g/mol. The van der Waals surface area contributed by atoms with E-state index in [0.29, 0.717) is 13.2 Å². The number of aliphatic carboxylic acids is 1. The first-order chi connectivity index (χ1) is 13.6. The lowest BCUT2D eigenvalue weighted by Gasteiger charge is -2.22. The second kappa shape index (κ2) is 8.02. The molecule has 6 nitrogen and oxygen atoms in total.